The Morgan fingerprint density at radius 1 is 1.35 bits per heavy atom. The summed E-state index contributed by atoms with van der Waals surface area (Å²) in [5.41, 5.74) is 7.22. The molecule has 1 aliphatic rings. The largest absolute Gasteiger partial charge is 0.397 e. The predicted molar refractivity (Wildman–Crippen MR) is 82.2 cm³/mol. The van der Waals surface area contributed by atoms with E-state index in [1.54, 1.807) is 18.2 Å². The van der Waals surface area contributed by atoms with Gasteiger partial charge >= 0.3 is 0 Å². The summed E-state index contributed by atoms with van der Waals surface area (Å²) in [5.74, 6) is 0.656. The molecule has 0 saturated heterocycles. The summed E-state index contributed by atoms with van der Waals surface area (Å²) in [6, 6.07) is 5.12. The van der Waals surface area contributed by atoms with Crippen molar-refractivity contribution in [2.45, 2.75) is 37.1 Å². The van der Waals surface area contributed by atoms with Crippen molar-refractivity contribution in [3.05, 3.63) is 18.2 Å². The van der Waals surface area contributed by atoms with Crippen LogP contribution in [0.15, 0.2) is 23.1 Å². The molecule has 0 amide bonds. The van der Waals surface area contributed by atoms with E-state index in [-0.39, 0.29) is 4.90 Å². The van der Waals surface area contributed by atoms with Gasteiger partial charge in [-0.15, -0.1) is 0 Å². The van der Waals surface area contributed by atoms with Gasteiger partial charge in [-0.05, 0) is 43.9 Å². The number of nitrogens with one attached hydrogen (secondary N) is 1. The van der Waals surface area contributed by atoms with Gasteiger partial charge in [0.2, 0.25) is 10.0 Å². The van der Waals surface area contributed by atoms with Crippen molar-refractivity contribution >= 4 is 21.4 Å². The number of nitrogens with zero attached hydrogens (tertiary/aromatic N) is 1. The molecule has 0 radical (unpaired) electrons. The fourth-order valence-corrected chi connectivity index (χ4v) is 3.26. The van der Waals surface area contributed by atoms with Crippen LogP contribution in [0, 0.1) is 5.92 Å². The Morgan fingerprint density at radius 3 is 2.50 bits per heavy atom. The number of hydrogen-bond donors (Lipinski definition) is 2. The van der Waals surface area contributed by atoms with Gasteiger partial charge in [0.25, 0.3) is 0 Å². The molecular formula is C14H23N3O2S. The number of hydrogen-bond acceptors (Lipinski definition) is 4. The highest BCUT2D eigenvalue weighted by Gasteiger charge is 2.25. The van der Waals surface area contributed by atoms with Gasteiger partial charge in [0, 0.05) is 20.1 Å². The topological polar surface area (TPSA) is 75.4 Å². The van der Waals surface area contributed by atoms with Crippen molar-refractivity contribution in [3.63, 3.8) is 0 Å². The lowest BCUT2D eigenvalue weighted by molar-refractivity contribution is 0.285. The normalized spacial score (nSPS) is 17.8. The molecule has 1 unspecified atom stereocenters. The third-order valence-corrected chi connectivity index (χ3v) is 5.85. The molecule has 0 aliphatic heterocycles. The van der Waals surface area contributed by atoms with E-state index in [9.17, 15) is 8.42 Å². The molecule has 1 aliphatic carbocycles. The van der Waals surface area contributed by atoms with Crippen LogP contribution >= 0.6 is 0 Å². The molecule has 0 spiro atoms. The van der Waals surface area contributed by atoms with Crippen molar-refractivity contribution in [1.82, 2.24) is 4.31 Å². The van der Waals surface area contributed by atoms with Gasteiger partial charge in [0.15, 0.2) is 0 Å². The first-order valence-electron chi connectivity index (χ1n) is 6.91. The van der Waals surface area contributed by atoms with Crippen molar-refractivity contribution in [2.75, 3.05) is 25.1 Å². The lowest BCUT2D eigenvalue weighted by Crippen LogP contribution is -2.31. The molecule has 112 valence electrons. The average Bonchev–Trinajstić information content (AvgIpc) is 2.29. The smallest absolute Gasteiger partial charge is 0.242 e. The lowest BCUT2D eigenvalue weighted by atomic mass is 9.80. The van der Waals surface area contributed by atoms with Crippen LogP contribution in [0.2, 0.25) is 0 Å². The highest BCUT2D eigenvalue weighted by molar-refractivity contribution is 7.89. The number of anilines is 2. The monoisotopic (exact) mass is 297 g/mol. The Balaban J connectivity index is 2.25. The first-order chi connectivity index (χ1) is 9.32. The van der Waals surface area contributed by atoms with Gasteiger partial charge in [-0.1, -0.05) is 6.42 Å². The van der Waals surface area contributed by atoms with Crippen LogP contribution in [0.1, 0.15) is 26.2 Å². The molecule has 5 nitrogen and oxygen atoms in total. The highest BCUT2D eigenvalue weighted by Crippen LogP contribution is 2.32. The minimum atomic E-state index is -3.43. The average molecular weight is 297 g/mol. The van der Waals surface area contributed by atoms with Crippen LogP contribution in [-0.2, 0) is 10.0 Å². The highest BCUT2D eigenvalue weighted by atomic mass is 32.2. The molecule has 1 fully saturated rings. The maximum Gasteiger partial charge on any atom is 0.242 e. The SMILES string of the molecule is CC(Nc1cc(S(=O)(=O)N(C)C)ccc1N)C1CCC1. The fourth-order valence-electron chi connectivity index (χ4n) is 2.33. The molecular weight excluding hydrogens is 274 g/mol. The van der Waals surface area contributed by atoms with Gasteiger partial charge in [-0.3, -0.25) is 0 Å². The van der Waals surface area contributed by atoms with E-state index in [2.05, 4.69) is 12.2 Å². The second-order valence-corrected chi connectivity index (χ2v) is 7.81. The first-order valence-corrected chi connectivity index (χ1v) is 8.35. The lowest BCUT2D eigenvalue weighted by Gasteiger charge is -2.33. The van der Waals surface area contributed by atoms with E-state index in [1.165, 1.54) is 37.7 Å². The Hall–Kier alpha value is -1.27. The second kappa shape index (κ2) is 5.61. The summed E-state index contributed by atoms with van der Waals surface area (Å²) in [7, 11) is -0.379. The summed E-state index contributed by atoms with van der Waals surface area (Å²) >= 11 is 0. The van der Waals surface area contributed by atoms with Crippen molar-refractivity contribution < 1.29 is 8.42 Å². The Bertz CT molecular complexity index is 580. The molecule has 1 aromatic rings. The predicted octanol–water partition coefficient (Wildman–Crippen LogP) is 2.12. The molecule has 0 bridgehead atoms. The van der Waals surface area contributed by atoms with Gasteiger partial charge in [-0.25, -0.2) is 12.7 Å². The molecule has 20 heavy (non-hydrogen) atoms. The van der Waals surface area contributed by atoms with Gasteiger partial charge in [0.1, 0.15) is 0 Å². The maximum absolute atomic E-state index is 12.1. The van der Waals surface area contributed by atoms with Gasteiger partial charge in [0.05, 0.1) is 16.3 Å². The number of rotatable bonds is 5. The van der Waals surface area contributed by atoms with Gasteiger partial charge < -0.3 is 11.1 Å². The number of benzene rings is 1. The minimum Gasteiger partial charge on any atom is -0.397 e. The zero-order valence-corrected chi connectivity index (χ0v) is 13.1. The van der Waals surface area contributed by atoms with E-state index in [1.807, 2.05) is 0 Å². The third-order valence-electron chi connectivity index (χ3n) is 4.04. The molecule has 0 heterocycles. The summed E-state index contributed by atoms with van der Waals surface area (Å²) in [5, 5.41) is 3.36. The van der Waals surface area contributed by atoms with Crippen molar-refractivity contribution in [1.29, 1.82) is 0 Å². The second-order valence-electron chi connectivity index (χ2n) is 5.66. The van der Waals surface area contributed by atoms with E-state index >= 15 is 0 Å². The summed E-state index contributed by atoms with van der Waals surface area (Å²) < 4.78 is 25.5. The van der Waals surface area contributed by atoms with E-state index in [0.29, 0.717) is 23.3 Å². The van der Waals surface area contributed by atoms with Crippen LogP contribution in [-0.4, -0.2) is 32.9 Å². The first kappa shape index (κ1) is 15.1. The van der Waals surface area contributed by atoms with Crippen LogP contribution in [0.5, 0.6) is 0 Å². The van der Waals surface area contributed by atoms with Crippen LogP contribution in [0.25, 0.3) is 0 Å². The van der Waals surface area contributed by atoms with Gasteiger partial charge in [-0.2, -0.15) is 0 Å². The van der Waals surface area contributed by atoms with E-state index in [0.717, 1.165) is 0 Å². The van der Waals surface area contributed by atoms with Crippen LogP contribution in [0.4, 0.5) is 11.4 Å². The quantitative estimate of drug-likeness (QED) is 0.816. The Kier molecular flexibility index (Phi) is 4.25. The van der Waals surface area contributed by atoms with Crippen LogP contribution < -0.4 is 11.1 Å². The molecule has 3 N–H and O–H groups in total. The zero-order chi connectivity index (χ0) is 14.9. The summed E-state index contributed by atoms with van der Waals surface area (Å²) in [6.07, 6.45) is 3.73. The third kappa shape index (κ3) is 2.91. The molecule has 1 saturated carbocycles. The van der Waals surface area contributed by atoms with Crippen molar-refractivity contribution in [3.8, 4) is 0 Å². The Labute approximate surface area is 121 Å². The van der Waals surface area contributed by atoms with E-state index < -0.39 is 10.0 Å². The summed E-state index contributed by atoms with van der Waals surface area (Å²) in [4.78, 5) is 0.264. The standard InChI is InChI=1S/C14H23N3O2S/c1-10(11-5-4-6-11)16-14-9-12(7-8-13(14)15)20(18,19)17(2)3/h7-11,16H,4-6,15H2,1-3H3. The van der Waals surface area contributed by atoms with Crippen molar-refractivity contribution in [2.24, 2.45) is 5.92 Å². The minimum absolute atomic E-state index is 0.264. The molecule has 0 aromatic heterocycles. The maximum atomic E-state index is 12.1. The molecule has 1 aromatic carbocycles. The Morgan fingerprint density at radius 2 is 2.00 bits per heavy atom. The van der Waals surface area contributed by atoms with E-state index in [4.69, 9.17) is 5.73 Å². The summed E-state index contributed by atoms with van der Waals surface area (Å²) in [6.45, 7) is 2.12. The zero-order valence-electron chi connectivity index (χ0n) is 12.3. The number of nitrogens with two attached hydrogens (primary N) is 1. The number of sulfonamides is 1. The fraction of sp³-hybridized carbons (Fsp3) is 0.571. The van der Waals surface area contributed by atoms with Crippen LogP contribution in [0.3, 0.4) is 0 Å². The molecule has 2 rings (SSSR count). The molecule has 6 heteroatoms. The molecule has 1 atom stereocenters. The number of nitrogen functional groups attached to an aromatic ring is 1.